The molecular formula is C17H18FN3O2. The molecule has 3 aromatic rings. The molecule has 0 aliphatic rings. The molecule has 0 bridgehead atoms. The van der Waals surface area contributed by atoms with Gasteiger partial charge >= 0.3 is 0 Å². The van der Waals surface area contributed by atoms with Crippen molar-refractivity contribution in [3.05, 3.63) is 52.8 Å². The van der Waals surface area contributed by atoms with Crippen molar-refractivity contribution in [2.45, 2.75) is 26.8 Å². The van der Waals surface area contributed by atoms with Crippen molar-refractivity contribution in [1.82, 2.24) is 15.1 Å². The summed E-state index contributed by atoms with van der Waals surface area (Å²) in [6.07, 6.45) is 1.54. The highest BCUT2D eigenvalue weighted by Gasteiger charge is 2.21. The monoisotopic (exact) mass is 315 g/mol. The Bertz CT molecular complexity index is 895. The Morgan fingerprint density at radius 3 is 2.78 bits per heavy atom. The number of furan rings is 1. The van der Waals surface area contributed by atoms with Crippen LogP contribution in [0, 0.1) is 19.7 Å². The van der Waals surface area contributed by atoms with E-state index in [4.69, 9.17) is 4.42 Å². The third-order valence-electron chi connectivity index (χ3n) is 4.16. The predicted octanol–water partition coefficient (Wildman–Crippen LogP) is 3.41. The minimum Gasteiger partial charge on any atom is -0.459 e. The first-order valence-electron chi connectivity index (χ1n) is 7.36. The molecular weight excluding hydrogens is 297 g/mol. The van der Waals surface area contributed by atoms with Gasteiger partial charge in [0.25, 0.3) is 5.91 Å². The zero-order chi connectivity index (χ0) is 16.7. The lowest BCUT2D eigenvalue weighted by molar-refractivity contribution is 0.0935. The second kappa shape index (κ2) is 5.53. The molecule has 1 aromatic carbocycles. The Morgan fingerprint density at radius 2 is 2.13 bits per heavy atom. The number of carbonyl (C=O) groups is 1. The largest absolute Gasteiger partial charge is 0.459 e. The van der Waals surface area contributed by atoms with Crippen molar-refractivity contribution in [3.8, 4) is 0 Å². The van der Waals surface area contributed by atoms with Crippen LogP contribution in [-0.2, 0) is 7.05 Å². The quantitative estimate of drug-likeness (QED) is 0.805. The van der Waals surface area contributed by atoms with Gasteiger partial charge in [-0.2, -0.15) is 5.10 Å². The maximum atomic E-state index is 13.4. The van der Waals surface area contributed by atoms with Crippen molar-refractivity contribution in [2.75, 3.05) is 0 Å². The molecule has 0 spiro atoms. The van der Waals surface area contributed by atoms with Crippen LogP contribution in [0.1, 0.15) is 40.3 Å². The van der Waals surface area contributed by atoms with Gasteiger partial charge in [0.2, 0.25) is 0 Å². The summed E-state index contributed by atoms with van der Waals surface area (Å²) in [5.74, 6) is 0.102. The van der Waals surface area contributed by atoms with Gasteiger partial charge in [0.05, 0.1) is 17.8 Å². The maximum absolute atomic E-state index is 13.4. The molecule has 23 heavy (non-hydrogen) atoms. The Morgan fingerprint density at radius 1 is 1.39 bits per heavy atom. The molecule has 0 saturated heterocycles. The van der Waals surface area contributed by atoms with E-state index in [1.807, 2.05) is 20.8 Å². The standard InChI is InChI=1S/C17H18FN3O2/c1-9-13-7-12(18)5-6-15(13)23-16(9)10(2)20-17(22)14-8-19-21(4)11(14)3/h5-8,10H,1-4H3,(H,20,22). The van der Waals surface area contributed by atoms with Crippen LogP contribution in [0.2, 0.25) is 0 Å². The van der Waals surface area contributed by atoms with Crippen LogP contribution in [0.4, 0.5) is 4.39 Å². The summed E-state index contributed by atoms with van der Waals surface area (Å²) in [6, 6.07) is 4.06. The lowest BCUT2D eigenvalue weighted by Crippen LogP contribution is -2.27. The van der Waals surface area contributed by atoms with Gasteiger partial charge in [0, 0.05) is 23.7 Å². The fourth-order valence-corrected chi connectivity index (χ4v) is 2.69. The van der Waals surface area contributed by atoms with Crippen molar-refractivity contribution in [3.63, 3.8) is 0 Å². The van der Waals surface area contributed by atoms with E-state index >= 15 is 0 Å². The molecule has 0 radical (unpaired) electrons. The van der Waals surface area contributed by atoms with Gasteiger partial charge in [-0.3, -0.25) is 9.48 Å². The normalized spacial score (nSPS) is 12.6. The first-order valence-corrected chi connectivity index (χ1v) is 7.36. The van der Waals surface area contributed by atoms with Crippen LogP contribution >= 0.6 is 0 Å². The lowest BCUT2D eigenvalue weighted by atomic mass is 10.1. The van der Waals surface area contributed by atoms with Crippen LogP contribution in [0.3, 0.4) is 0 Å². The van der Waals surface area contributed by atoms with E-state index in [0.29, 0.717) is 16.9 Å². The van der Waals surface area contributed by atoms with E-state index < -0.39 is 0 Å². The molecule has 1 amide bonds. The highest BCUT2D eigenvalue weighted by Crippen LogP contribution is 2.30. The van der Waals surface area contributed by atoms with Gasteiger partial charge in [-0.25, -0.2) is 4.39 Å². The summed E-state index contributed by atoms with van der Waals surface area (Å²) in [5, 5.41) is 7.69. The van der Waals surface area contributed by atoms with Crippen LogP contribution in [0.5, 0.6) is 0 Å². The number of hydrogen-bond acceptors (Lipinski definition) is 3. The van der Waals surface area contributed by atoms with Gasteiger partial charge in [-0.1, -0.05) is 0 Å². The third-order valence-corrected chi connectivity index (χ3v) is 4.16. The van der Waals surface area contributed by atoms with Crippen molar-refractivity contribution in [2.24, 2.45) is 7.05 Å². The summed E-state index contributed by atoms with van der Waals surface area (Å²) < 4.78 is 20.8. The lowest BCUT2D eigenvalue weighted by Gasteiger charge is -2.12. The molecule has 0 saturated carbocycles. The number of benzene rings is 1. The van der Waals surface area contributed by atoms with Crippen molar-refractivity contribution < 1.29 is 13.6 Å². The second-order valence-electron chi connectivity index (χ2n) is 5.69. The average Bonchev–Trinajstić information content (AvgIpc) is 3.01. The van der Waals surface area contributed by atoms with Gasteiger partial charge < -0.3 is 9.73 Å². The maximum Gasteiger partial charge on any atom is 0.255 e. The number of aryl methyl sites for hydroxylation is 2. The van der Waals surface area contributed by atoms with Crippen LogP contribution in [0.15, 0.2) is 28.8 Å². The number of fused-ring (bicyclic) bond motifs is 1. The highest BCUT2D eigenvalue weighted by atomic mass is 19.1. The van der Waals surface area contributed by atoms with Gasteiger partial charge in [0.1, 0.15) is 17.2 Å². The van der Waals surface area contributed by atoms with Gasteiger partial charge in [-0.05, 0) is 39.0 Å². The number of carbonyl (C=O) groups excluding carboxylic acids is 1. The molecule has 120 valence electrons. The van der Waals surface area contributed by atoms with Gasteiger partial charge in [0.15, 0.2) is 0 Å². The Hall–Kier alpha value is -2.63. The zero-order valence-corrected chi connectivity index (χ0v) is 13.5. The molecule has 1 N–H and O–H groups in total. The Balaban J connectivity index is 1.89. The van der Waals surface area contributed by atoms with Crippen molar-refractivity contribution >= 4 is 16.9 Å². The van der Waals surface area contributed by atoms with Crippen LogP contribution in [0.25, 0.3) is 11.0 Å². The number of halogens is 1. The fraction of sp³-hybridized carbons (Fsp3) is 0.294. The number of hydrogen-bond donors (Lipinski definition) is 1. The van der Waals surface area contributed by atoms with Crippen LogP contribution < -0.4 is 5.32 Å². The van der Waals surface area contributed by atoms with E-state index in [9.17, 15) is 9.18 Å². The summed E-state index contributed by atoms with van der Waals surface area (Å²) >= 11 is 0. The number of nitrogens with one attached hydrogen (secondary N) is 1. The molecule has 2 aromatic heterocycles. The number of rotatable bonds is 3. The molecule has 2 heterocycles. The molecule has 1 atom stereocenters. The fourth-order valence-electron chi connectivity index (χ4n) is 2.69. The van der Waals surface area contributed by atoms with Gasteiger partial charge in [-0.15, -0.1) is 0 Å². The number of nitrogens with zero attached hydrogens (tertiary/aromatic N) is 2. The molecule has 3 rings (SSSR count). The van der Waals surface area contributed by atoms with E-state index in [2.05, 4.69) is 10.4 Å². The SMILES string of the molecule is Cc1c(C(C)NC(=O)c2cnn(C)c2C)oc2ccc(F)cc12. The minimum absolute atomic E-state index is 0.214. The predicted molar refractivity (Wildman–Crippen MR) is 84.7 cm³/mol. The van der Waals surface area contributed by atoms with E-state index in [1.54, 1.807) is 17.8 Å². The van der Waals surface area contributed by atoms with E-state index in [-0.39, 0.29) is 17.8 Å². The third kappa shape index (κ3) is 2.60. The number of aromatic nitrogens is 2. The summed E-state index contributed by atoms with van der Waals surface area (Å²) in [5.41, 5.74) is 2.75. The molecule has 0 aliphatic carbocycles. The summed E-state index contributed by atoms with van der Waals surface area (Å²) in [4.78, 5) is 12.4. The molecule has 0 fully saturated rings. The molecule has 0 aliphatic heterocycles. The smallest absolute Gasteiger partial charge is 0.255 e. The Kier molecular flexibility index (Phi) is 3.67. The second-order valence-corrected chi connectivity index (χ2v) is 5.69. The first-order chi connectivity index (χ1) is 10.9. The zero-order valence-electron chi connectivity index (χ0n) is 13.5. The highest BCUT2D eigenvalue weighted by molar-refractivity contribution is 5.95. The van der Waals surface area contributed by atoms with Crippen LogP contribution in [-0.4, -0.2) is 15.7 Å². The average molecular weight is 315 g/mol. The molecule has 6 heteroatoms. The molecule has 5 nitrogen and oxygen atoms in total. The first kappa shape index (κ1) is 15.3. The Labute approximate surface area is 133 Å². The molecule has 1 unspecified atom stereocenters. The minimum atomic E-state index is -0.336. The summed E-state index contributed by atoms with van der Waals surface area (Å²) in [6.45, 7) is 5.53. The summed E-state index contributed by atoms with van der Waals surface area (Å²) in [7, 11) is 1.79. The van der Waals surface area contributed by atoms with E-state index in [0.717, 1.165) is 16.6 Å². The van der Waals surface area contributed by atoms with E-state index in [1.165, 1.54) is 18.3 Å². The van der Waals surface area contributed by atoms with Crippen molar-refractivity contribution in [1.29, 1.82) is 0 Å². The number of amides is 1. The topological polar surface area (TPSA) is 60.1 Å².